The topological polar surface area (TPSA) is 23.5 Å². The summed E-state index contributed by atoms with van der Waals surface area (Å²) in [4.78, 5) is 2.57. The predicted molar refractivity (Wildman–Crippen MR) is 64.8 cm³/mol. The third-order valence-corrected chi connectivity index (χ3v) is 4.05. The molecule has 1 heterocycles. The van der Waals surface area contributed by atoms with E-state index in [2.05, 4.69) is 11.0 Å². The van der Waals surface area contributed by atoms with E-state index in [-0.39, 0.29) is 0 Å². The minimum absolute atomic E-state index is 0.501. The maximum absolute atomic E-state index is 9.80. The van der Waals surface area contributed by atoms with Crippen molar-refractivity contribution in [3.05, 3.63) is 29.3 Å². The van der Waals surface area contributed by atoms with Crippen molar-refractivity contribution in [2.45, 2.75) is 31.6 Å². The first-order valence-corrected chi connectivity index (χ1v) is 6.38. The van der Waals surface area contributed by atoms with Crippen LogP contribution in [0.4, 0.5) is 0 Å². The van der Waals surface area contributed by atoms with Crippen LogP contribution in [0.3, 0.4) is 0 Å². The first-order chi connectivity index (χ1) is 7.84. The van der Waals surface area contributed by atoms with Crippen LogP contribution in [0.5, 0.6) is 5.75 Å². The normalized spacial score (nSPS) is 24.9. The summed E-state index contributed by atoms with van der Waals surface area (Å²) < 4.78 is 0. The Bertz CT molecular complexity index is 382. The molecule has 0 aromatic heterocycles. The van der Waals surface area contributed by atoms with Crippen LogP contribution in [0.15, 0.2) is 18.2 Å². The van der Waals surface area contributed by atoms with Gasteiger partial charge >= 0.3 is 0 Å². The van der Waals surface area contributed by atoms with Gasteiger partial charge < -0.3 is 10.0 Å². The average molecular weight is 217 g/mol. The summed E-state index contributed by atoms with van der Waals surface area (Å²) in [6.07, 6.45) is 4.99. The second-order valence-electron chi connectivity index (χ2n) is 5.09. The molecule has 1 fully saturated rings. The molecule has 1 aromatic rings. The van der Waals surface area contributed by atoms with E-state index in [1.54, 1.807) is 0 Å². The quantitative estimate of drug-likeness (QED) is 0.822. The fraction of sp³-hybridized carbons (Fsp3) is 0.571. The van der Waals surface area contributed by atoms with Crippen molar-refractivity contribution < 1.29 is 5.11 Å². The zero-order valence-electron chi connectivity index (χ0n) is 9.65. The van der Waals surface area contributed by atoms with Crippen LogP contribution >= 0.6 is 0 Å². The van der Waals surface area contributed by atoms with Gasteiger partial charge in [0.15, 0.2) is 0 Å². The Labute approximate surface area is 96.9 Å². The third kappa shape index (κ3) is 1.71. The summed E-state index contributed by atoms with van der Waals surface area (Å²) in [6, 6.07) is 6.00. The van der Waals surface area contributed by atoms with Crippen LogP contribution in [0.25, 0.3) is 0 Å². The molecule has 0 spiro atoms. The number of phenolic OH excluding ortho intramolecular Hbond substituents is 1. The first kappa shape index (κ1) is 10.2. The molecule has 0 radical (unpaired) electrons. The third-order valence-electron chi connectivity index (χ3n) is 4.05. The second kappa shape index (κ2) is 4.10. The van der Waals surface area contributed by atoms with Crippen molar-refractivity contribution in [2.75, 3.05) is 19.6 Å². The minimum atomic E-state index is 0.501. The largest absolute Gasteiger partial charge is 0.508 e. The van der Waals surface area contributed by atoms with E-state index < -0.39 is 0 Å². The fourth-order valence-corrected chi connectivity index (χ4v) is 3.19. The molecule has 1 aliphatic heterocycles. The van der Waals surface area contributed by atoms with Gasteiger partial charge in [-0.05, 0) is 61.9 Å². The van der Waals surface area contributed by atoms with Crippen LogP contribution in [-0.4, -0.2) is 29.6 Å². The molecule has 1 atom stereocenters. The number of phenols is 1. The van der Waals surface area contributed by atoms with Crippen LogP contribution in [-0.2, 0) is 6.42 Å². The number of rotatable bonds is 2. The second-order valence-corrected chi connectivity index (χ2v) is 5.09. The lowest BCUT2D eigenvalue weighted by Gasteiger charge is -2.20. The highest BCUT2D eigenvalue weighted by Crippen LogP contribution is 2.38. The van der Waals surface area contributed by atoms with Gasteiger partial charge in [0.1, 0.15) is 5.75 Å². The van der Waals surface area contributed by atoms with Crippen molar-refractivity contribution >= 4 is 0 Å². The Hall–Kier alpha value is -1.02. The molecular weight excluding hydrogens is 198 g/mol. The van der Waals surface area contributed by atoms with Crippen molar-refractivity contribution in [1.29, 1.82) is 0 Å². The Balaban J connectivity index is 1.78. The number of nitrogens with zero attached hydrogens (tertiary/aromatic N) is 1. The lowest BCUT2D eigenvalue weighted by Crippen LogP contribution is -2.24. The van der Waals surface area contributed by atoms with E-state index in [9.17, 15) is 5.11 Å². The van der Waals surface area contributed by atoms with Crippen molar-refractivity contribution in [1.82, 2.24) is 4.90 Å². The highest BCUT2D eigenvalue weighted by molar-refractivity contribution is 5.44. The zero-order chi connectivity index (χ0) is 11.0. The predicted octanol–water partition coefficient (Wildman–Crippen LogP) is 2.52. The van der Waals surface area contributed by atoms with Crippen LogP contribution in [0, 0.1) is 0 Å². The van der Waals surface area contributed by atoms with Gasteiger partial charge in [-0.15, -0.1) is 0 Å². The molecule has 86 valence electrons. The number of aromatic hydroxyl groups is 1. The van der Waals surface area contributed by atoms with Crippen molar-refractivity contribution in [3.8, 4) is 5.75 Å². The molecule has 3 rings (SSSR count). The fourth-order valence-electron chi connectivity index (χ4n) is 3.19. The monoisotopic (exact) mass is 217 g/mol. The van der Waals surface area contributed by atoms with Gasteiger partial charge in [-0.1, -0.05) is 12.1 Å². The van der Waals surface area contributed by atoms with Crippen molar-refractivity contribution in [3.63, 3.8) is 0 Å². The van der Waals surface area contributed by atoms with E-state index in [1.165, 1.54) is 50.0 Å². The van der Waals surface area contributed by atoms with Gasteiger partial charge in [-0.3, -0.25) is 0 Å². The minimum Gasteiger partial charge on any atom is -0.508 e. The molecule has 2 aliphatic rings. The first-order valence-electron chi connectivity index (χ1n) is 6.38. The number of hydrogen-bond acceptors (Lipinski definition) is 2. The molecule has 2 nitrogen and oxygen atoms in total. The average Bonchev–Trinajstić information content (AvgIpc) is 2.90. The van der Waals surface area contributed by atoms with Gasteiger partial charge in [0.2, 0.25) is 0 Å². The maximum atomic E-state index is 9.80. The van der Waals surface area contributed by atoms with Crippen LogP contribution in [0.1, 0.15) is 36.3 Å². The number of fused-ring (bicyclic) bond motifs is 1. The molecule has 0 amide bonds. The molecular formula is C14H19NO. The summed E-state index contributed by atoms with van der Waals surface area (Å²) >= 11 is 0. The summed E-state index contributed by atoms with van der Waals surface area (Å²) in [5.41, 5.74) is 2.60. The highest BCUT2D eigenvalue weighted by atomic mass is 16.3. The molecule has 2 heteroatoms. The molecule has 1 unspecified atom stereocenters. The summed E-state index contributed by atoms with van der Waals surface area (Å²) in [6.45, 7) is 3.73. The standard InChI is InChI=1S/C14H19NO/c16-14-5-3-4-12-11(6-7-13(12)14)10-15-8-1-2-9-15/h3-5,11,16H,1-2,6-10H2. The Morgan fingerprint density at radius 2 is 2.06 bits per heavy atom. The molecule has 1 saturated heterocycles. The molecule has 1 aromatic carbocycles. The zero-order valence-corrected chi connectivity index (χ0v) is 9.65. The van der Waals surface area contributed by atoms with E-state index >= 15 is 0 Å². The molecule has 1 aliphatic carbocycles. The van der Waals surface area contributed by atoms with Gasteiger partial charge in [-0.2, -0.15) is 0 Å². The van der Waals surface area contributed by atoms with E-state index in [0.717, 1.165) is 6.42 Å². The van der Waals surface area contributed by atoms with E-state index in [0.29, 0.717) is 11.7 Å². The SMILES string of the molecule is Oc1cccc2c1CCC2CN1CCCC1. The van der Waals surface area contributed by atoms with Crippen molar-refractivity contribution in [2.24, 2.45) is 0 Å². The Morgan fingerprint density at radius 3 is 2.88 bits per heavy atom. The lowest BCUT2D eigenvalue weighted by molar-refractivity contribution is 0.313. The van der Waals surface area contributed by atoms with Crippen LogP contribution < -0.4 is 0 Å². The number of likely N-dealkylation sites (tertiary alicyclic amines) is 1. The molecule has 0 saturated carbocycles. The van der Waals surface area contributed by atoms with Gasteiger partial charge in [0.25, 0.3) is 0 Å². The highest BCUT2D eigenvalue weighted by Gasteiger charge is 2.26. The summed E-state index contributed by atoms with van der Waals surface area (Å²) in [7, 11) is 0. The maximum Gasteiger partial charge on any atom is 0.119 e. The van der Waals surface area contributed by atoms with Gasteiger partial charge in [-0.25, -0.2) is 0 Å². The Morgan fingerprint density at radius 1 is 1.25 bits per heavy atom. The molecule has 1 N–H and O–H groups in total. The van der Waals surface area contributed by atoms with Crippen LogP contribution in [0.2, 0.25) is 0 Å². The van der Waals surface area contributed by atoms with E-state index in [4.69, 9.17) is 0 Å². The summed E-state index contributed by atoms with van der Waals surface area (Å²) in [5, 5.41) is 9.80. The summed E-state index contributed by atoms with van der Waals surface area (Å²) in [5.74, 6) is 1.15. The Kier molecular flexibility index (Phi) is 2.60. The number of benzene rings is 1. The smallest absolute Gasteiger partial charge is 0.119 e. The van der Waals surface area contributed by atoms with E-state index in [1.807, 2.05) is 12.1 Å². The van der Waals surface area contributed by atoms with Gasteiger partial charge in [0.05, 0.1) is 0 Å². The number of hydrogen-bond donors (Lipinski definition) is 1. The molecule has 0 bridgehead atoms. The lowest BCUT2D eigenvalue weighted by atomic mass is 10.0. The molecule has 16 heavy (non-hydrogen) atoms. The van der Waals surface area contributed by atoms with Gasteiger partial charge in [0, 0.05) is 6.54 Å².